The van der Waals surface area contributed by atoms with Gasteiger partial charge in [-0.05, 0) is 27.3 Å². The molecule has 2 N–H and O–H groups in total. The van der Waals surface area contributed by atoms with Gasteiger partial charge in [0.1, 0.15) is 6.04 Å². The number of aryl methyl sites for hydroxylation is 2. The van der Waals surface area contributed by atoms with E-state index < -0.39 is 12.0 Å². The molecule has 1 heterocycles. The van der Waals surface area contributed by atoms with Crippen LogP contribution in [-0.2, 0) is 11.3 Å². The number of carboxylic acid groups (broad SMARTS) is 1. The highest BCUT2D eigenvalue weighted by Gasteiger charge is 2.14. The van der Waals surface area contributed by atoms with E-state index in [4.69, 9.17) is 5.11 Å². The third-order valence-corrected chi connectivity index (χ3v) is 2.65. The van der Waals surface area contributed by atoms with Crippen LogP contribution in [0.1, 0.15) is 17.8 Å². The van der Waals surface area contributed by atoms with Crippen molar-refractivity contribution in [2.75, 3.05) is 7.05 Å². The minimum atomic E-state index is -0.813. The van der Waals surface area contributed by atoms with E-state index in [-0.39, 0.29) is 0 Å². The second-order valence-electron chi connectivity index (χ2n) is 3.58. The first-order valence-corrected chi connectivity index (χ1v) is 4.94. The highest BCUT2D eigenvalue weighted by atomic mass is 16.4. The number of carbonyl (C=O) groups is 1. The fourth-order valence-corrected chi connectivity index (χ4v) is 1.43. The topological polar surface area (TPSA) is 67.2 Å². The summed E-state index contributed by atoms with van der Waals surface area (Å²) in [7, 11) is 1.66. The van der Waals surface area contributed by atoms with Gasteiger partial charge in [-0.15, -0.1) is 0 Å². The van der Waals surface area contributed by atoms with Gasteiger partial charge < -0.3 is 15.0 Å². The third-order valence-electron chi connectivity index (χ3n) is 2.65. The Hall–Kier alpha value is -1.36. The van der Waals surface area contributed by atoms with Crippen LogP contribution in [0, 0.1) is 13.8 Å². The zero-order chi connectivity index (χ0) is 11.4. The molecule has 84 valence electrons. The quantitative estimate of drug-likeness (QED) is 0.747. The SMILES string of the molecule is CNC(CCn1cnc(C)c1C)C(=O)O. The Morgan fingerprint density at radius 2 is 2.33 bits per heavy atom. The van der Waals surface area contributed by atoms with Gasteiger partial charge in [-0.3, -0.25) is 4.79 Å². The normalized spacial score (nSPS) is 12.7. The maximum atomic E-state index is 10.8. The number of hydrogen-bond acceptors (Lipinski definition) is 3. The molecular formula is C10H17N3O2. The average Bonchev–Trinajstić information content (AvgIpc) is 2.49. The zero-order valence-corrected chi connectivity index (χ0v) is 9.32. The Bertz CT molecular complexity index is 346. The Morgan fingerprint density at radius 3 is 2.73 bits per heavy atom. The van der Waals surface area contributed by atoms with E-state index >= 15 is 0 Å². The summed E-state index contributed by atoms with van der Waals surface area (Å²) in [6.07, 6.45) is 2.31. The predicted molar refractivity (Wildman–Crippen MR) is 56.8 cm³/mol. The molecule has 0 aliphatic carbocycles. The van der Waals surface area contributed by atoms with Crippen LogP contribution in [0.4, 0.5) is 0 Å². The monoisotopic (exact) mass is 211 g/mol. The van der Waals surface area contributed by atoms with E-state index in [0.29, 0.717) is 13.0 Å². The van der Waals surface area contributed by atoms with Gasteiger partial charge in [0.05, 0.1) is 12.0 Å². The largest absolute Gasteiger partial charge is 0.480 e. The van der Waals surface area contributed by atoms with E-state index in [1.54, 1.807) is 13.4 Å². The summed E-state index contributed by atoms with van der Waals surface area (Å²) >= 11 is 0. The summed E-state index contributed by atoms with van der Waals surface area (Å²) in [6, 6.07) is -0.493. The number of nitrogens with one attached hydrogen (secondary N) is 1. The van der Waals surface area contributed by atoms with Crippen LogP contribution in [0.25, 0.3) is 0 Å². The van der Waals surface area contributed by atoms with E-state index in [9.17, 15) is 4.79 Å². The summed E-state index contributed by atoms with van der Waals surface area (Å²) in [4.78, 5) is 14.9. The molecule has 1 rings (SSSR count). The van der Waals surface area contributed by atoms with Gasteiger partial charge in [0.15, 0.2) is 0 Å². The highest BCUT2D eigenvalue weighted by Crippen LogP contribution is 2.06. The first kappa shape index (κ1) is 11.7. The molecule has 0 aromatic carbocycles. The van der Waals surface area contributed by atoms with Crippen molar-refractivity contribution < 1.29 is 9.90 Å². The van der Waals surface area contributed by atoms with Crippen LogP contribution in [0.5, 0.6) is 0 Å². The smallest absolute Gasteiger partial charge is 0.320 e. The lowest BCUT2D eigenvalue weighted by Gasteiger charge is -2.12. The fraction of sp³-hybridized carbons (Fsp3) is 0.600. The number of aliphatic carboxylic acids is 1. The molecule has 0 radical (unpaired) electrons. The van der Waals surface area contributed by atoms with Gasteiger partial charge in [0.25, 0.3) is 0 Å². The van der Waals surface area contributed by atoms with E-state index in [1.165, 1.54) is 0 Å². The number of rotatable bonds is 5. The second-order valence-corrected chi connectivity index (χ2v) is 3.58. The maximum Gasteiger partial charge on any atom is 0.320 e. The van der Waals surface area contributed by atoms with Crippen LogP contribution in [0.2, 0.25) is 0 Å². The van der Waals surface area contributed by atoms with E-state index in [1.807, 2.05) is 18.4 Å². The first-order chi connectivity index (χ1) is 7.06. The Labute approximate surface area is 89.1 Å². The summed E-state index contributed by atoms with van der Waals surface area (Å²) in [5, 5.41) is 11.6. The van der Waals surface area contributed by atoms with Gasteiger partial charge in [-0.25, -0.2) is 4.98 Å². The summed E-state index contributed by atoms with van der Waals surface area (Å²) in [6.45, 7) is 4.60. The van der Waals surface area contributed by atoms with Gasteiger partial charge >= 0.3 is 5.97 Å². The standard InChI is InChI=1S/C10H17N3O2/c1-7-8(2)13(6-12-7)5-4-9(11-3)10(14)15/h6,9,11H,4-5H2,1-3H3,(H,14,15). The van der Waals surface area contributed by atoms with Crippen molar-refractivity contribution in [1.82, 2.24) is 14.9 Å². The van der Waals surface area contributed by atoms with Crippen LogP contribution >= 0.6 is 0 Å². The Kier molecular flexibility index (Phi) is 3.85. The molecule has 1 aromatic heterocycles. The molecule has 15 heavy (non-hydrogen) atoms. The molecule has 0 spiro atoms. The lowest BCUT2D eigenvalue weighted by atomic mass is 10.2. The molecule has 0 aliphatic heterocycles. The molecule has 1 atom stereocenters. The van der Waals surface area contributed by atoms with Gasteiger partial charge in [-0.1, -0.05) is 0 Å². The number of carboxylic acids is 1. The molecule has 0 aliphatic rings. The van der Waals surface area contributed by atoms with Crippen LogP contribution in [0.3, 0.4) is 0 Å². The Balaban J connectivity index is 2.56. The summed E-state index contributed by atoms with van der Waals surface area (Å²) < 4.78 is 1.97. The van der Waals surface area contributed by atoms with E-state index in [2.05, 4.69) is 10.3 Å². The lowest BCUT2D eigenvalue weighted by molar-refractivity contribution is -0.139. The molecular weight excluding hydrogens is 194 g/mol. The third kappa shape index (κ3) is 2.79. The predicted octanol–water partition coefficient (Wildman–Crippen LogP) is 0.563. The molecule has 0 saturated heterocycles. The average molecular weight is 211 g/mol. The van der Waals surface area contributed by atoms with E-state index in [0.717, 1.165) is 11.4 Å². The van der Waals surface area contributed by atoms with Crippen molar-refractivity contribution in [3.05, 3.63) is 17.7 Å². The van der Waals surface area contributed by atoms with Crippen molar-refractivity contribution >= 4 is 5.97 Å². The molecule has 0 bridgehead atoms. The first-order valence-electron chi connectivity index (χ1n) is 4.94. The zero-order valence-electron chi connectivity index (χ0n) is 9.32. The molecule has 5 nitrogen and oxygen atoms in total. The van der Waals surface area contributed by atoms with Crippen molar-refractivity contribution in [1.29, 1.82) is 0 Å². The van der Waals surface area contributed by atoms with Crippen LogP contribution in [0.15, 0.2) is 6.33 Å². The maximum absolute atomic E-state index is 10.8. The lowest BCUT2D eigenvalue weighted by Crippen LogP contribution is -2.34. The molecule has 1 aromatic rings. The molecule has 0 saturated carbocycles. The minimum absolute atomic E-state index is 0.493. The van der Waals surface area contributed by atoms with Crippen molar-refractivity contribution in [2.45, 2.75) is 32.9 Å². The van der Waals surface area contributed by atoms with Gasteiger partial charge in [0.2, 0.25) is 0 Å². The number of hydrogen-bond donors (Lipinski definition) is 2. The Morgan fingerprint density at radius 1 is 1.67 bits per heavy atom. The number of imidazole rings is 1. The second kappa shape index (κ2) is 4.93. The molecule has 5 heteroatoms. The van der Waals surface area contributed by atoms with Crippen molar-refractivity contribution in [3.63, 3.8) is 0 Å². The van der Waals surface area contributed by atoms with Gasteiger partial charge in [-0.2, -0.15) is 0 Å². The van der Waals surface area contributed by atoms with Gasteiger partial charge in [0, 0.05) is 12.2 Å². The number of likely N-dealkylation sites (N-methyl/N-ethyl adjacent to an activating group) is 1. The highest BCUT2D eigenvalue weighted by molar-refractivity contribution is 5.73. The molecule has 0 amide bonds. The summed E-state index contributed by atoms with van der Waals surface area (Å²) in [5.41, 5.74) is 2.08. The van der Waals surface area contributed by atoms with Crippen molar-refractivity contribution in [2.24, 2.45) is 0 Å². The van der Waals surface area contributed by atoms with Crippen LogP contribution in [-0.4, -0.2) is 33.7 Å². The summed E-state index contributed by atoms with van der Waals surface area (Å²) in [5.74, 6) is -0.813. The molecule has 1 unspecified atom stereocenters. The number of aromatic nitrogens is 2. The fourth-order valence-electron chi connectivity index (χ4n) is 1.43. The molecule has 0 fully saturated rings. The van der Waals surface area contributed by atoms with Crippen LogP contribution < -0.4 is 5.32 Å². The number of nitrogens with zero attached hydrogens (tertiary/aromatic N) is 2. The van der Waals surface area contributed by atoms with Crippen molar-refractivity contribution in [3.8, 4) is 0 Å². The minimum Gasteiger partial charge on any atom is -0.480 e.